The van der Waals surface area contributed by atoms with E-state index in [9.17, 15) is 19.1 Å². The van der Waals surface area contributed by atoms with E-state index in [1.54, 1.807) is 25.1 Å². The maximum atomic E-state index is 14.1. The summed E-state index contributed by atoms with van der Waals surface area (Å²) in [5, 5.41) is 9.20. The molecule has 1 aliphatic rings. The normalized spacial score (nSPS) is 18.4. The molecule has 0 saturated carbocycles. The van der Waals surface area contributed by atoms with Crippen molar-refractivity contribution in [1.29, 1.82) is 0 Å². The second-order valence-corrected chi connectivity index (χ2v) is 5.41. The number of piperidine rings is 1. The number of nitrogens with zero attached hydrogens (tertiary/aromatic N) is 2. The lowest BCUT2D eigenvalue weighted by Gasteiger charge is -2.33. The molecule has 2 rings (SSSR count). The molecule has 0 aliphatic carbocycles. The van der Waals surface area contributed by atoms with Crippen LogP contribution in [0.15, 0.2) is 18.2 Å². The zero-order chi connectivity index (χ0) is 15.6. The van der Waals surface area contributed by atoms with Crippen molar-refractivity contribution in [1.82, 2.24) is 4.90 Å². The average Bonchev–Trinajstić information content (AvgIpc) is 2.46. The number of carboxylic acids is 1. The molecule has 1 atom stereocenters. The van der Waals surface area contributed by atoms with Gasteiger partial charge in [0.2, 0.25) is 0 Å². The molecule has 0 bridgehead atoms. The number of benzene rings is 1. The Balaban J connectivity index is 2.28. The standard InChI is InChI=1S/C15H19FN2O3/c1-17(2)10-6-7-11(12(16)9-10)14(19)18-8-4-3-5-13(18)15(20)21/h6-7,9,13H,3-5,8H2,1-2H3,(H,20,21). The monoisotopic (exact) mass is 294 g/mol. The lowest BCUT2D eigenvalue weighted by atomic mass is 10.0. The second kappa shape index (κ2) is 6.11. The van der Waals surface area contributed by atoms with Gasteiger partial charge in [0.25, 0.3) is 5.91 Å². The van der Waals surface area contributed by atoms with Crippen LogP contribution < -0.4 is 4.90 Å². The molecule has 114 valence electrons. The van der Waals surface area contributed by atoms with Gasteiger partial charge in [-0.1, -0.05) is 0 Å². The molecule has 1 aromatic carbocycles. The summed E-state index contributed by atoms with van der Waals surface area (Å²) >= 11 is 0. The topological polar surface area (TPSA) is 60.9 Å². The van der Waals surface area contributed by atoms with E-state index in [1.165, 1.54) is 17.0 Å². The molecule has 1 saturated heterocycles. The van der Waals surface area contributed by atoms with Gasteiger partial charge in [0.15, 0.2) is 0 Å². The number of carbonyl (C=O) groups excluding carboxylic acids is 1. The molecule has 1 fully saturated rings. The second-order valence-electron chi connectivity index (χ2n) is 5.41. The SMILES string of the molecule is CN(C)c1ccc(C(=O)N2CCCCC2C(=O)O)c(F)c1. The van der Waals surface area contributed by atoms with Gasteiger partial charge in [-0.3, -0.25) is 4.79 Å². The molecule has 1 aromatic rings. The number of carbonyl (C=O) groups is 2. The van der Waals surface area contributed by atoms with Crippen molar-refractivity contribution in [2.75, 3.05) is 25.5 Å². The Morgan fingerprint density at radius 3 is 2.62 bits per heavy atom. The highest BCUT2D eigenvalue weighted by atomic mass is 19.1. The molecule has 1 N–H and O–H groups in total. The van der Waals surface area contributed by atoms with Crippen molar-refractivity contribution >= 4 is 17.6 Å². The van der Waals surface area contributed by atoms with Crippen molar-refractivity contribution in [3.63, 3.8) is 0 Å². The van der Waals surface area contributed by atoms with Gasteiger partial charge in [0.1, 0.15) is 11.9 Å². The van der Waals surface area contributed by atoms with Crippen LogP contribution in [-0.2, 0) is 4.79 Å². The fourth-order valence-corrected chi connectivity index (χ4v) is 2.54. The highest BCUT2D eigenvalue weighted by Crippen LogP contribution is 2.23. The number of anilines is 1. The molecule has 1 unspecified atom stereocenters. The molecular formula is C15H19FN2O3. The van der Waals surface area contributed by atoms with Crippen LogP contribution in [0.4, 0.5) is 10.1 Å². The summed E-state index contributed by atoms with van der Waals surface area (Å²) in [6.45, 7) is 0.352. The Morgan fingerprint density at radius 2 is 2.05 bits per heavy atom. The van der Waals surface area contributed by atoms with Crippen LogP contribution in [0.25, 0.3) is 0 Å². The molecule has 21 heavy (non-hydrogen) atoms. The highest BCUT2D eigenvalue weighted by Gasteiger charge is 2.33. The third-order valence-electron chi connectivity index (χ3n) is 3.75. The third-order valence-corrected chi connectivity index (χ3v) is 3.75. The first-order valence-corrected chi connectivity index (χ1v) is 6.92. The molecule has 1 aliphatic heterocycles. The molecule has 1 amide bonds. The molecule has 0 radical (unpaired) electrons. The lowest BCUT2D eigenvalue weighted by molar-refractivity contribution is -0.143. The maximum Gasteiger partial charge on any atom is 0.326 e. The number of rotatable bonds is 3. The van der Waals surface area contributed by atoms with Crippen LogP contribution >= 0.6 is 0 Å². The Bertz CT molecular complexity index is 560. The number of hydrogen-bond acceptors (Lipinski definition) is 3. The average molecular weight is 294 g/mol. The first-order valence-electron chi connectivity index (χ1n) is 6.92. The van der Waals surface area contributed by atoms with Gasteiger partial charge in [-0.2, -0.15) is 0 Å². The first kappa shape index (κ1) is 15.3. The fraction of sp³-hybridized carbons (Fsp3) is 0.467. The summed E-state index contributed by atoms with van der Waals surface area (Å²) in [6.07, 6.45) is 1.92. The van der Waals surface area contributed by atoms with E-state index in [4.69, 9.17) is 0 Å². The van der Waals surface area contributed by atoms with Gasteiger partial charge in [-0.15, -0.1) is 0 Å². The van der Waals surface area contributed by atoms with Gasteiger partial charge >= 0.3 is 5.97 Å². The quantitative estimate of drug-likeness (QED) is 0.926. The zero-order valence-electron chi connectivity index (χ0n) is 12.2. The zero-order valence-corrected chi connectivity index (χ0v) is 12.2. The Kier molecular flexibility index (Phi) is 4.45. The summed E-state index contributed by atoms with van der Waals surface area (Å²) in [4.78, 5) is 26.7. The molecule has 5 nitrogen and oxygen atoms in total. The van der Waals surface area contributed by atoms with Gasteiger partial charge in [-0.05, 0) is 37.5 Å². The van der Waals surface area contributed by atoms with Crippen molar-refractivity contribution in [2.45, 2.75) is 25.3 Å². The van der Waals surface area contributed by atoms with E-state index in [-0.39, 0.29) is 5.56 Å². The minimum atomic E-state index is -1.03. The van der Waals surface area contributed by atoms with E-state index in [0.717, 1.165) is 12.8 Å². The van der Waals surface area contributed by atoms with Crippen LogP contribution in [0.2, 0.25) is 0 Å². The van der Waals surface area contributed by atoms with Gasteiger partial charge in [0, 0.05) is 26.3 Å². The number of amides is 1. The molecule has 1 heterocycles. The van der Waals surface area contributed by atoms with Crippen LogP contribution in [0.3, 0.4) is 0 Å². The highest BCUT2D eigenvalue weighted by molar-refractivity contribution is 5.97. The Morgan fingerprint density at radius 1 is 1.33 bits per heavy atom. The van der Waals surface area contributed by atoms with Crippen LogP contribution in [0, 0.1) is 5.82 Å². The van der Waals surface area contributed by atoms with Gasteiger partial charge < -0.3 is 14.9 Å². The minimum Gasteiger partial charge on any atom is -0.480 e. The van der Waals surface area contributed by atoms with Gasteiger partial charge in [0.05, 0.1) is 5.56 Å². The number of halogens is 1. The van der Waals surface area contributed by atoms with Crippen LogP contribution in [0.1, 0.15) is 29.6 Å². The summed E-state index contributed by atoms with van der Waals surface area (Å²) in [6, 6.07) is 3.49. The molecule has 0 aromatic heterocycles. The summed E-state index contributed by atoms with van der Waals surface area (Å²) in [5.74, 6) is -2.21. The Hall–Kier alpha value is -2.11. The van der Waals surface area contributed by atoms with E-state index < -0.39 is 23.7 Å². The summed E-state index contributed by atoms with van der Waals surface area (Å²) in [5.41, 5.74) is 0.575. The molecule has 6 heteroatoms. The van der Waals surface area contributed by atoms with E-state index in [0.29, 0.717) is 18.7 Å². The maximum absolute atomic E-state index is 14.1. The van der Waals surface area contributed by atoms with Crippen molar-refractivity contribution in [3.8, 4) is 0 Å². The predicted molar refractivity (Wildman–Crippen MR) is 77.0 cm³/mol. The predicted octanol–water partition coefficient (Wildman–Crippen LogP) is 1.97. The molecular weight excluding hydrogens is 275 g/mol. The van der Waals surface area contributed by atoms with E-state index in [1.807, 2.05) is 0 Å². The van der Waals surface area contributed by atoms with E-state index >= 15 is 0 Å². The van der Waals surface area contributed by atoms with Crippen LogP contribution in [0.5, 0.6) is 0 Å². The van der Waals surface area contributed by atoms with E-state index in [2.05, 4.69) is 0 Å². The number of likely N-dealkylation sites (tertiary alicyclic amines) is 1. The summed E-state index contributed by atoms with van der Waals surface area (Å²) in [7, 11) is 3.56. The first-order chi connectivity index (χ1) is 9.91. The number of carboxylic acid groups (broad SMARTS) is 1. The number of aliphatic carboxylic acids is 1. The minimum absolute atomic E-state index is 0.0752. The molecule has 0 spiro atoms. The number of hydrogen-bond donors (Lipinski definition) is 1. The smallest absolute Gasteiger partial charge is 0.326 e. The Labute approximate surface area is 123 Å². The van der Waals surface area contributed by atoms with Crippen molar-refractivity contribution in [3.05, 3.63) is 29.6 Å². The van der Waals surface area contributed by atoms with Crippen molar-refractivity contribution < 1.29 is 19.1 Å². The van der Waals surface area contributed by atoms with Crippen molar-refractivity contribution in [2.24, 2.45) is 0 Å². The summed E-state index contributed by atoms with van der Waals surface area (Å²) < 4.78 is 14.1. The third kappa shape index (κ3) is 3.15. The lowest BCUT2D eigenvalue weighted by Crippen LogP contribution is -2.48. The largest absolute Gasteiger partial charge is 0.480 e. The van der Waals surface area contributed by atoms with Crippen LogP contribution in [-0.4, -0.2) is 48.6 Å². The fourth-order valence-electron chi connectivity index (χ4n) is 2.54. The van der Waals surface area contributed by atoms with Gasteiger partial charge in [-0.25, -0.2) is 9.18 Å².